The van der Waals surface area contributed by atoms with Crippen LogP contribution in [0.4, 0.5) is 5.69 Å². The summed E-state index contributed by atoms with van der Waals surface area (Å²) in [6.07, 6.45) is 3.74. The Hall–Kier alpha value is -1.55. The molecule has 2 unspecified atom stereocenters. The zero-order valence-corrected chi connectivity index (χ0v) is 11.0. The molecule has 4 heteroatoms. The van der Waals surface area contributed by atoms with Gasteiger partial charge in [-0.1, -0.05) is 0 Å². The van der Waals surface area contributed by atoms with Crippen LogP contribution in [0.25, 0.3) is 0 Å². The summed E-state index contributed by atoms with van der Waals surface area (Å²) in [4.78, 5) is 13.4. The number of nitrogens with zero attached hydrogens (tertiary/aromatic N) is 1. The molecule has 102 valence electrons. The van der Waals surface area contributed by atoms with Crippen LogP contribution >= 0.6 is 0 Å². The van der Waals surface area contributed by atoms with E-state index in [-0.39, 0.29) is 6.10 Å². The van der Waals surface area contributed by atoms with E-state index >= 15 is 0 Å². The van der Waals surface area contributed by atoms with Gasteiger partial charge in [0.1, 0.15) is 0 Å². The number of piperidine rings is 1. The van der Waals surface area contributed by atoms with E-state index in [1.807, 2.05) is 19.1 Å². The molecule has 0 saturated carbocycles. The first-order valence-corrected chi connectivity index (χ1v) is 6.86. The van der Waals surface area contributed by atoms with Crippen LogP contribution in [0.2, 0.25) is 0 Å². The largest absolute Gasteiger partial charge is 0.478 e. The molecule has 0 aliphatic carbocycles. The van der Waals surface area contributed by atoms with Crippen LogP contribution < -0.4 is 4.90 Å². The number of carbonyl (C=O) groups is 1. The Bertz CT molecular complexity index is 500. The summed E-state index contributed by atoms with van der Waals surface area (Å²) in [6.45, 7) is 1.84. The lowest BCUT2D eigenvalue weighted by molar-refractivity contribution is 0.0696. The minimum atomic E-state index is -0.874. The lowest BCUT2D eigenvalue weighted by Crippen LogP contribution is -2.44. The number of aromatic carboxylic acids is 1. The van der Waals surface area contributed by atoms with Crippen LogP contribution in [-0.4, -0.2) is 34.4 Å². The molecule has 3 rings (SSSR count). The number of carboxylic acid groups (broad SMARTS) is 1. The number of rotatable bonds is 2. The van der Waals surface area contributed by atoms with Crippen molar-refractivity contribution in [1.82, 2.24) is 0 Å². The third-order valence-electron chi connectivity index (χ3n) is 4.45. The Labute approximate surface area is 112 Å². The SMILES string of the molecule is Cc1cc(N2C3CCC2CC(O)C3)ccc1C(=O)O. The standard InChI is InChI=1S/C15H19NO3/c1-9-6-10(4-5-14(9)15(18)19)16-11-2-3-12(16)8-13(17)7-11/h4-6,11-13,17H,2-3,7-8H2,1H3,(H,18,19). The Morgan fingerprint density at radius 2 is 1.89 bits per heavy atom. The van der Waals surface area contributed by atoms with Crippen molar-refractivity contribution >= 4 is 11.7 Å². The van der Waals surface area contributed by atoms with Gasteiger partial charge in [-0.2, -0.15) is 0 Å². The first-order valence-electron chi connectivity index (χ1n) is 6.86. The maximum absolute atomic E-state index is 11.0. The maximum Gasteiger partial charge on any atom is 0.335 e. The molecule has 4 nitrogen and oxygen atoms in total. The predicted octanol–water partition coefficient (Wildman–Crippen LogP) is 2.19. The van der Waals surface area contributed by atoms with Crippen LogP contribution in [0.15, 0.2) is 18.2 Å². The van der Waals surface area contributed by atoms with Crippen molar-refractivity contribution in [3.05, 3.63) is 29.3 Å². The highest BCUT2D eigenvalue weighted by Crippen LogP contribution is 2.39. The fourth-order valence-corrected chi connectivity index (χ4v) is 3.62. The molecular formula is C15H19NO3. The number of aliphatic hydroxyl groups is 1. The molecule has 2 heterocycles. The van der Waals surface area contributed by atoms with Gasteiger partial charge in [-0.15, -0.1) is 0 Å². The summed E-state index contributed by atoms with van der Waals surface area (Å²) in [5.41, 5.74) is 2.27. The smallest absolute Gasteiger partial charge is 0.335 e. The molecule has 0 aromatic heterocycles. The quantitative estimate of drug-likeness (QED) is 0.856. The lowest BCUT2D eigenvalue weighted by atomic mass is 9.98. The third kappa shape index (κ3) is 2.10. The lowest BCUT2D eigenvalue weighted by Gasteiger charge is -2.39. The molecule has 2 N–H and O–H groups in total. The second-order valence-electron chi connectivity index (χ2n) is 5.72. The highest BCUT2D eigenvalue weighted by Gasteiger charge is 2.40. The molecular weight excluding hydrogens is 242 g/mol. The molecule has 2 fully saturated rings. The van der Waals surface area contributed by atoms with Crippen molar-refractivity contribution in [2.75, 3.05) is 4.90 Å². The van der Waals surface area contributed by atoms with Crippen LogP contribution in [0.3, 0.4) is 0 Å². The van der Waals surface area contributed by atoms with Crippen molar-refractivity contribution in [2.24, 2.45) is 0 Å². The first kappa shape index (κ1) is 12.5. The molecule has 2 bridgehead atoms. The monoisotopic (exact) mass is 261 g/mol. The predicted molar refractivity (Wildman–Crippen MR) is 72.7 cm³/mol. The van der Waals surface area contributed by atoms with Crippen LogP contribution in [0.5, 0.6) is 0 Å². The van der Waals surface area contributed by atoms with Gasteiger partial charge in [-0.05, 0) is 56.4 Å². The topological polar surface area (TPSA) is 60.8 Å². The second-order valence-corrected chi connectivity index (χ2v) is 5.72. The van der Waals surface area contributed by atoms with Gasteiger partial charge in [0.15, 0.2) is 0 Å². The van der Waals surface area contributed by atoms with Crippen molar-refractivity contribution in [3.8, 4) is 0 Å². The fourth-order valence-electron chi connectivity index (χ4n) is 3.62. The Morgan fingerprint density at radius 3 is 2.42 bits per heavy atom. The number of aryl methyl sites for hydroxylation is 1. The molecule has 2 aliphatic heterocycles. The molecule has 19 heavy (non-hydrogen) atoms. The van der Waals surface area contributed by atoms with Gasteiger partial charge in [0, 0.05) is 17.8 Å². The molecule has 0 amide bonds. The van der Waals surface area contributed by atoms with E-state index in [2.05, 4.69) is 4.90 Å². The van der Waals surface area contributed by atoms with Crippen LogP contribution in [-0.2, 0) is 0 Å². The molecule has 0 radical (unpaired) electrons. The van der Waals surface area contributed by atoms with Gasteiger partial charge >= 0.3 is 5.97 Å². The molecule has 2 atom stereocenters. The number of carboxylic acids is 1. The van der Waals surface area contributed by atoms with Crippen LogP contribution in [0.1, 0.15) is 41.6 Å². The van der Waals surface area contributed by atoms with E-state index in [9.17, 15) is 9.90 Å². The molecule has 1 aromatic rings. The van der Waals surface area contributed by atoms with Crippen molar-refractivity contribution in [2.45, 2.75) is 50.8 Å². The Balaban J connectivity index is 1.91. The number of anilines is 1. The van der Waals surface area contributed by atoms with Gasteiger partial charge < -0.3 is 15.1 Å². The summed E-state index contributed by atoms with van der Waals surface area (Å²) < 4.78 is 0. The number of benzene rings is 1. The average molecular weight is 261 g/mol. The van der Waals surface area contributed by atoms with E-state index in [1.165, 1.54) is 0 Å². The number of hydrogen-bond acceptors (Lipinski definition) is 3. The van der Waals surface area contributed by atoms with Gasteiger partial charge in [0.2, 0.25) is 0 Å². The maximum atomic E-state index is 11.0. The normalized spacial score (nSPS) is 29.6. The minimum absolute atomic E-state index is 0.173. The summed E-state index contributed by atoms with van der Waals surface area (Å²) >= 11 is 0. The summed E-state index contributed by atoms with van der Waals surface area (Å²) in [7, 11) is 0. The van der Waals surface area contributed by atoms with Gasteiger partial charge in [0.25, 0.3) is 0 Å². The van der Waals surface area contributed by atoms with E-state index in [1.54, 1.807) is 6.07 Å². The molecule has 1 aromatic carbocycles. The molecule has 2 saturated heterocycles. The fraction of sp³-hybridized carbons (Fsp3) is 0.533. The van der Waals surface area contributed by atoms with E-state index in [0.29, 0.717) is 17.6 Å². The van der Waals surface area contributed by atoms with Crippen molar-refractivity contribution in [3.63, 3.8) is 0 Å². The molecule has 0 spiro atoms. The van der Waals surface area contributed by atoms with E-state index in [4.69, 9.17) is 5.11 Å². The second kappa shape index (κ2) is 4.53. The van der Waals surface area contributed by atoms with E-state index in [0.717, 1.165) is 36.9 Å². The number of fused-ring (bicyclic) bond motifs is 2. The van der Waals surface area contributed by atoms with Gasteiger partial charge in [-0.3, -0.25) is 0 Å². The Morgan fingerprint density at radius 1 is 1.26 bits per heavy atom. The number of hydrogen-bond donors (Lipinski definition) is 2. The third-order valence-corrected chi connectivity index (χ3v) is 4.45. The zero-order chi connectivity index (χ0) is 13.6. The number of aliphatic hydroxyl groups excluding tert-OH is 1. The zero-order valence-electron chi connectivity index (χ0n) is 11.0. The summed E-state index contributed by atoms with van der Waals surface area (Å²) in [5.74, 6) is -0.874. The Kier molecular flexibility index (Phi) is 2.97. The van der Waals surface area contributed by atoms with E-state index < -0.39 is 5.97 Å². The van der Waals surface area contributed by atoms with Gasteiger partial charge in [-0.25, -0.2) is 4.79 Å². The molecule has 2 aliphatic rings. The minimum Gasteiger partial charge on any atom is -0.478 e. The summed E-state index contributed by atoms with van der Waals surface area (Å²) in [6, 6.07) is 6.37. The van der Waals surface area contributed by atoms with Crippen LogP contribution in [0, 0.1) is 6.92 Å². The van der Waals surface area contributed by atoms with Gasteiger partial charge in [0.05, 0.1) is 11.7 Å². The van der Waals surface area contributed by atoms with Crippen molar-refractivity contribution in [1.29, 1.82) is 0 Å². The first-order chi connectivity index (χ1) is 9.06. The summed E-state index contributed by atoms with van der Waals surface area (Å²) in [5, 5.41) is 18.9. The van der Waals surface area contributed by atoms with Crippen molar-refractivity contribution < 1.29 is 15.0 Å². The average Bonchev–Trinajstić information content (AvgIpc) is 2.61. The highest BCUT2D eigenvalue weighted by atomic mass is 16.4. The highest BCUT2D eigenvalue weighted by molar-refractivity contribution is 5.90.